The van der Waals surface area contributed by atoms with Gasteiger partial charge in [0.25, 0.3) is 0 Å². The van der Waals surface area contributed by atoms with Crippen molar-refractivity contribution in [1.82, 2.24) is 24.5 Å². The third-order valence-corrected chi connectivity index (χ3v) is 2.56. The average molecular weight is 237 g/mol. The Hall–Kier alpha value is -1.43. The number of nitrogens with zero attached hydrogens (tertiary/aromatic N) is 4. The highest BCUT2D eigenvalue weighted by Crippen LogP contribution is 2.22. The zero-order chi connectivity index (χ0) is 11.9. The third-order valence-electron chi connectivity index (χ3n) is 2.29. The summed E-state index contributed by atoms with van der Waals surface area (Å²) in [5.74, 6) is 0.776. The summed E-state index contributed by atoms with van der Waals surface area (Å²) in [7, 11) is 1.88. The Morgan fingerprint density at radius 2 is 2.06 bits per heavy atom. The number of nitrogens with one attached hydrogen (secondary N) is 1. The number of hydrogen-bond donors (Lipinski definition) is 1. The molecule has 0 aromatic carbocycles. The molecule has 1 N–H and O–H groups in total. The largest absolute Gasteiger partial charge is 0.293 e. The van der Waals surface area contributed by atoms with Crippen LogP contribution in [-0.2, 0) is 12.6 Å². The van der Waals surface area contributed by atoms with Crippen LogP contribution in [0.25, 0.3) is 11.5 Å². The maximum Gasteiger partial charge on any atom is 0.195 e. The Bertz CT molecular complexity index is 554. The van der Waals surface area contributed by atoms with Crippen LogP contribution in [0.3, 0.4) is 0 Å². The van der Waals surface area contributed by atoms with Crippen LogP contribution in [0.5, 0.6) is 0 Å². The van der Waals surface area contributed by atoms with Gasteiger partial charge in [-0.25, -0.2) is 0 Å². The number of aryl methyl sites for hydroxylation is 1. The minimum Gasteiger partial charge on any atom is -0.293 e. The molecule has 2 rings (SSSR count). The number of aromatic nitrogens is 5. The van der Waals surface area contributed by atoms with Crippen molar-refractivity contribution in [3.05, 3.63) is 17.0 Å². The summed E-state index contributed by atoms with van der Waals surface area (Å²) in [6, 6.07) is 1.92. The van der Waals surface area contributed by atoms with Gasteiger partial charge in [-0.3, -0.25) is 14.3 Å². The highest BCUT2D eigenvalue weighted by atomic mass is 32.1. The molecule has 16 heavy (non-hydrogen) atoms. The molecule has 5 nitrogen and oxygen atoms in total. The molecule has 0 aliphatic rings. The van der Waals surface area contributed by atoms with Crippen molar-refractivity contribution in [2.24, 2.45) is 7.05 Å². The van der Waals surface area contributed by atoms with E-state index in [1.807, 2.05) is 23.9 Å². The molecule has 0 saturated carbocycles. The van der Waals surface area contributed by atoms with Crippen molar-refractivity contribution in [1.29, 1.82) is 0 Å². The van der Waals surface area contributed by atoms with Crippen LogP contribution >= 0.6 is 12.2 Å². The van der Waals surface area contributed by atoms with Crippen molar-refractivity contribution in [3.63, 3.8) is 0 Å². The highest BCUT2D eigenvalue weighted by Gasteiger charge is 2.21. The first-order valence-corrected chi connectivity index (χ1v) is 5.48. The Kier molecular flexibility index (Phi) is 2.46. The van der Waals surface area contributed by atoms with Crippen LogP contribution in [0.15, 0.2) is 12.3 Å². The van der Waals surface area contributed by atoms with E-state index in [1.165, 1.54) is 0 Å². The summed E-state index contributed by atoms with van der Waals surface area (Å²) >= 11 is 5.24. The van der Waals surface area contributed by atoms with Gasteiger partial charge in [-0.15, -0.1) is 0 Å². The molecule has 0 atom stereocenters. The Balaban J connectivity index is 2.63. The molecule has 86 valence electrons. The molecule has 0 unspecified atom stereocenters. The third kappa shape index (κ3) is 1.80. The summed E-state index contributed by atoms with van der Waals surface area (Å²) < 4.78 is 4.35. The van der Waals surface area contributed by atoms with Crippen LogP contribution in [0, 0.1) is 4.77 Å². The molecule has 0 aliphatic carbocycles. The number of H-pyrrole nitrogens is 1. The van der Waals surface area contributed by atoms with Gasteiger partial charge in [-0.1, -0.05) is 0 Å². The lowest BCUT2D eigenvalue weighted by Gasteiger charge is -2.21. The van der Waals surface area contributed by atoms with Gasteiger partial charge in [-0.2, -0.15) is 10.2 Å². The van der Waals surface area contributed by atoms with Gasteiger partial charge in [-0.05, 0) is 39.1 Å². The van der Waals surface area contributed by atoms with Crippen LogP contribution in [0.2, 0.25) is 0 Å². The van der Waals surface area contributed by atoms with E-state index in [0.29, 0.717) is 4.77 Å². The van der Waals surface area contributed by atoms with E-state index >= 15 is 0 Å². The standard InChI is InChI=1S/C10H15N5S/c1-10(2,3)15-8(11-12-9(15)16)7-5-6-14(4)13-7/h5-6H,1-4H3,(H,12,16). The lowest BCUT2D eigenvalue weighted by molar-refractivity contribution is 0.395. The smallest absolute Gasteiger partial charge is 0.195 e. The van der Waals surface area contributed by atoms with Gasteiger partial charge < -0.3 is 0 Å². The molecule has 6 heteroatoms. The summed E-state index contributed by atoms with van der Waals surface area (Å²) in [4.78, 5) is 0. The van der Waals surface area contributed by atoms with Gasteiger partial charge in [0, 0.05) is 18.8 Å². The fraction of sp³-hybridized carbons (Fsp3) is 0.500. The summed E-state index contributed by atoms with van der Waals surface area (Å²) in [5, 5.41) is 11.4. The van der Waals surface area contributed by atoms with Crippen molar-refractivity contribution in [2.45, 2.75) is 26.3 Å². The van der Waals surface area contributed by atoms with E-state index in [4.69, 9.17) is 12.2 Å². The predicted molar refractivity (Wildman–Crippen MR) is 64.6 cm³/mol. The molecule has 0 spiro atoms. The van der Waals surface area contributed by atoms with Crippen molar-refractivity contribution < 1.29 is 0 Å². The zero-order valence-electron chi connectivity index (χ0n) is 9.85. The van der Waals surface area contributed by atoms with Gasteiger partial charge >= 0.3 is 0 Å². The molecule has 2 aromatic rings. The minimum atomic E-state index is -0.114. The van der Waals surface area contributed by atoms with Crippen LogP contribution in [0.4, 0.5) is 0 Å². The van der Waals surface area contributed by atoms with Crippen molar-refractivity contribution in [2.75, 3.05) is 0 Å². The maximum atomic E-state index is 5.24. The molecular formula is C10H15N5S. The fourth-order valence-electron chi connectivity index (χ4n) is 1.63. The second kappa shape index (κ2) is 3.55. The summed E-state index contributed by atoms with van der Waals surface area (Å²) in [5.41, 5.74) is 0.710. The van der Waals surface area contributed by atoms with Gasteiger partial charge in [0.15, 0.2) is 10.6 Å². The Morgan fingerprint density at radius 1 is 1.38 bits per heavy atom. The molecular weight excluding hydrogens is 222 g/mol. The zero-order valence-corrected chi connectivity index (χ0v) is 10.7. The normalized spacial score (nSPS) is 12.0. The van der Waals surface area contributed by atoms with Crippen LogP contribution < -0.4 is 0 Å². The first-order valence-electron chi connectivity index (χ1n) is 5.07. The molecule has 0 bridgehead atoms. The van der Waals surface area contributed by atoms with Gasteiger partial charge in [0.2, 0.25) is 0 Å². The maximum absolute atomic E-state index is 5.24. The molecule has 0 radical (unpaired) electrons. The lowest BCUT2D eigenvalue weighted by atomic mass is 10.1. The second-order valence-electron chi connectivity index (χ2n) is 4.73. The van der Waals surface area contributed by atoms with E-state index in [2.05, 4.69) is 36.1 Å². The van der Waals surface area contributed by atoms with Crippen molar-refractivity contribution in [3.8, 4) is 11.5 Å². The van der Waals surface area contributed by atoms with Gasteiger partial charge in [0.1, 0.15) is 5.69 Å². The monoisotopic (exact) mass is 237 g/mol. The quantitative estimate of drug-likeness (QED) is 0.773. The molecule has 0 amide bonds. The predicted octanol–water partition coefficient (Wildman–Crippen LogP) is 2.10. The number of hydrogen-bond acceptors (Lipinski definition) is 3. The molecule has 0 saturated heterocycles. The second-order valence-corrected chi connectivity index (χ2v) is 5.12. The van der Waals surface area contributed by atoms with E-state index in [-0.39, 0.29) is 5.54 Å². The van der Waals surface area contributed by atoms with Crippen LogP contribution in [0.1, 0.15) is 20.8 Å². The fourth-order valence-corrected chi connectivity index (χ4v) is 2.03. The molecule has 2 aromatic heterocycles. The SMILES string of the molecule is Cn1ccc(-c2n[nH]c(=S)n2C(C)(C)C)n1. The lowest BCUT2D eigenvalue weighted by Crippen LogP contribution is -2.23. The van der Waals surface area contributed by atoms with E-state index in [1.54, 1.807) is 4.68 Å². The van der Waals surface area contributed by atoms with Crippen molar-refractivity contribution >= 4 is 12.2 Å². The Morgan fingerprint density at radius 3 is 2.56 bits per heavy atom. The Labute approximate surface area is 99.1 Å². The highest BCUT2D eigenvalue weighted by molar-refractivity contribution is 7.71. The number of aromatic amines is 1. The number of rotatable bonds is 1. The molecule has 2 heterocycles. The van der Waals surface area contributed by atoms with E-state index in [9.17, 15) is 0 Å². The first kappa shape index (κ1) is 11.1. The molecule has 0 fully saturated rings. The van der Waals surface area contributed by atoms with Gasteiger partial charge in [0.05, 0.1) is 0 Å². The average Bonchev–Trinajstić information content (AvgIpc) is 2.70. The minimum absolute atomic E-state index is 0.114. The van der Waals surface area contributed by atoms with E-state index < -0.39 is 0 Å². The summed E-state index contributed by atoms with van der Waals surface area (Å²) in [6.07, 6.45) is 1.89. The molecule has 0 aliphatic heterocycles. The first-order chi connectivity index (χ1) is 7.39. The topological polar surface area (TPSA) is 51.4 Å². The summed E-state index contributed by atoms with van der Waals surface area (Å²) in [6.45, 7) is 6.26. The van der Waals surface area contributed by atoms with E-state index in [0.717, 1.165) is 11.5 Å². The van der Waals surface area contributed by atoms with Crippen LogP contribution in [-0.4, -0.2) is 24.5 Å².